The van der Waals surface area contributed by atoms with E-state index in [1.807, 2.05) is 31.1 Å². The Hall–Kier alpha value is -1.00. The Morgan fingerprint density at radius 3 is 3.12 bits per heavy atom. The number of hydrogen-bond donors (Lipinski definition) is 1. The van der Waals surface area contributed by atoms with Gasteiger partial charge in [0.25, 0.3) is 0 Å². The molecule has 0 bridgehead atoms. The highest BCUT2D eigenvalue weighted by molar-refractivity contribution is 7.98. The highest BCUT2D eigenvalue weighted by atomic mass is 32.2. The number of pyridine rings is 1. The Morgan fingerprint density at radius 2 is 2.35 bits per heavy atom. The zero-order valence-electron chi connectivity index (χ0n) is 10.4. The molecular formula is C13H19N3S. The first-order valence-corrected chi connectivity index (χ1v) is 7.32. The van der Waals surface area contributed by atoms with E-state index in [4.69, 9.17) is 0 Å². The van der Waals surface area contributed by atoms with Crippen LogP contribution in [0.15, 0.2) is 24.5 Å². The van der Waals surface area contributed by atoms with Gasteiger partial charge in [-0.3, -0.25) is 0 Å². The van der Waals surface area contributed by atoms with Gasteiger partial charge in [-0.1, -0.05) is 0 Å². The van der Waals surface area contributed by atoms with Crippen LogP contribution in [0.5, 0.6) is 0 Å². The van der Waals surface area contributed by atoms with Crippen LogP contribution in [-0.2, 0) is 13.1 Å². The third-order valence-electron chi connectivity index (χ3n) is 2.83. The molecule has 2 aromatic heterocycles. The average molecular weight is 249 g/mol. The molecule has 0 aliphatic rings. The summed E-state index contributed by atoms with van der Waals surface area (Å²) in [5, 5.41) is 4.48. The molecule has 0 unspecified atom stereocenters. The summed E-state index contributed by atoms with van der Waals surface area (Å²) in [5.74, 6) is 1.20. The fourth-order valence-electron chi connectivity index (χ4n) is 2.08. The number of aryl methyl sites for hydroxylation is 1. The molecule has 0 saturated carbocycles. The lowest BCUT2D eigenvalue weighted by Gasteiger charge is -2.02. The first-order valence-electron chi connectivity index (χ1n) is 5.93. The van der Waals surface area contributed by atoms with Crippen LogP contribution >= 0.6 is 11.8 Å². The van der Waals surface area contributed by atoms with Gasteiger partial charge < -0.3 is 9.88 Å². The summed E-state index contributed by atoms with van der Waals surface area (Å²) in [6.07, 6.45) is 7.45. The number of fused-ring (bicyclic) bond motifs is 1. The minimum absolute atomic E-state index is 0.901. The van der Waals surface area contributed by atoms with Crippen LogP contribution in [0.2, 0.25) is 0 Å². The van der Waals surface area contributed by atoms with E-state index in [9.17, 15) is 0 Å². The second-order valence-corrected chi connectivity index (χ2v) is 5.08. The topological polar surface area (TPSA) is 29.9 Å². The van der Waals surface area contributed by atoms with Crippen LogP contribution in [0.1, 0.15) is 12.0 Å². The van der Waals surface area contributed by atoms with Crippen molar-refractivity contribution < 1.29 is 0 Å². The molecule has 2 rings (SSSR count). The summed E-state index contributed by atoms with van der Waals surface area (Å²) >= 11 is 1.90. The molecule has 0 aromatic carbocycles. The van der Waals surface area contributed by atoms with Crippen molar-refractivity contribution in [2.45, 2.75) is 19.5 Å². The van der Waals surface area contributed by atoms with E-state index in [1.54, 1.807) is 0 Å². The van der Waals surface area contributed by atoms with Crippen LogP contribution in [0, 0.1) is 0 Å². The molecule has 92 valence electrons. The van der Waals surface area contributed by atoms with E-state index in [2.05, 4.69) is 33.4 Å². The highest BCUT2D eigenvalue weighted by Crippen LogP contribution is 2.19. The van der Waals surface area contributed by atoms with E-state index in [0.29, 0.717) is 0 Å². The standard InChI is InChI=1S/C13H19N3S/c1-14-9-11-10-16(7-4-8-17-2)13-12(11)5-3-6-15-13/h3,5-6,10,14H,4,7-9H2,1-2H3. The lowest BCUT2D eigenvalue weighted by molar-refractivity contribution is 0.697. The van der Waals surface area contributed by atoms with Crippen molar-refractivity contribution in [2.24, 2.45) is 0 Å². The summed E-state index contributed by atoms with van der Waals surface area (Å²) < 4.78 is 2.28. The minimum atomic E-state index is 0.901. The van der Waals surface area contributed by atoms with E-state index >= 15 is 0 Å². The van der Waals surface area contributed by atoms with Crippen molar-refractivity contribution >= 4 is 22.8 Å². The molecule has 0 fully saturated rings. The predicted molar refractivity (Wildman–Crippen MR) is 75.5 cm³/mol. The van der Waals surface area contributed by atoms with Gasteiger partial charge in [-0.15, -0.1) is 0 Å². The first-order chi connectivity index (χ1) is 8.36. The number of nitrogens with one attached hydrogen (secondary N) is 1. The van der Waals surface area contributed by atoms with E-state index in [1.165, 1.54) is 23.1 Å². The van der Waals surface area contributed by atoms with Gasteiger partial charge in [-0.05, 0) is 43.2 Å². The molecule has 0 aliphatic heterocycles. The second-order valence-electron chi connectivity index (χ2n) is 4.10. The Labute approximate surface area is 107 Å². The van der Waals surface area contributed by atoms with Crippen molar-refractivity contribution in [3.05, 3.63) is 30.1 Å². The van der Waals surface area contributed by atoms with Crippen LogP contribution in [0.3, 0.4) is 0 Å². The fourth-order valence-corrected chi connectivity index (χ4v) is 2.49. The van der Waals surface area contributed by atoms with Gasteiger partial charge in [0.15, 0.2) is 0 Å². The number of rotatable bonds is 6. The van der Waals surface area contributed by atoms with E-state index in [0.717, 1.165) is 18.7 Å². The summed E-state index contributed by atoms with van der Waals surface area (Å²) in [4.78, 5) is 4.49. The smallest absolute Gasteiger partial charge is 0.140 e. The Morgan fingerprint density at radius 1 is 1.47 bits per heavy atom. The zero-order chi connectivity index (χ0) is 12.1. The first kappa shape index (κ1) is 12.5. The molecule has 2 heterocycles. The quantitative estimate of drug-likeness (QED) is 0.798. The van der Waals surface area contributed by atoms with Gasteiger partial charge in [0.2, 0.25) is 0 Å². The van der Waals surface area contributed by atoms with E-state index < -0.39 is 0 Å². The number of nitrogens with zero attached hydrogens (tertiary/aromatic N) is 2. The summed E-state index contributed by atoms with van der Waals surface area (Å²) in [5.41, 5.74) is 2.44. The Kier molecular flexibility index (Phi) is 4.45. The molecule has 3 nitrogen and oxygen atoms in total. The molecule has 2 aromatic rings. The summed E-state index contributed by atoms with van der Waals surface area (Å²) in [6, 6.07) is 4.16. The maximum absolute atomic E-state index is 4.49. The SMILES string of the molecule is CNCc1cn(CCCSC)c2ncccc12. The van der Waals surface area contributed by atoms with Crippen molar-refractivity contribution in [3.8, 4) is 0 Å². The summed E-state index contributed by atoms with van der Waals surface area (Å²) in [7, 11) is 1.98. The highest BCUT2D eigenvalue weighted by Gasteiger charge is 2.07. The number of aromatic nitrogens is 2. The molecule has 0 saturated heterocycles. The van der Waals surface area contributed by atoms with Gasteiger partial charge in [0, 0.05) is 30.9 Å². The second kappa shape index (κ2) is 6.07. The molecule has 0 radical (unpaired) electrons. The van der Waals surface area contributed by atoms with Crippen molar-refractivity contribution in [1.29, 1.82) is 0 Å². The molecule has 0 atom stereocenters. The maximum atomic E-state index is 4.49. The molecule has 0 amide bonds. The van der Waals surface area contributed by atoms with Crippen LogP contribution in [0.25, 0.3) is 11.0 Å². The van der Waals surface area contributed by atoms with Crippen LogP contribution in [0.4, 0.5) is 0 Å². The molecule has 0 aliphatic carbocycles. The lowest BCUT2D eigenvalue weighted by atomic mass is 10.2. The third kappa shape index (κ3) is 2.82. The zero-order valence-corrected chi connectivity index (χ0v) is 11.3. The normalized spacial score (nSPS) is 11.2. The van der Waals surface area contributed by atoms with Crippen LogP contribution < -0.4 is 5.32 Å². The van der Waals surface area contributed by atoms with Crippen molar-refractivity contribution in [3.63, 3.8) is 0 Å². The van der Waals surface area contributed by atoms with Gasteiger partial charge in [0.1, 0.15) is 5.65 Å². The molecule has 1 N–H and O–H groups in total. The molecule has 4 heteroatoms. The fraction of sp³-hybridized carbons (Fsp3) is 0.462. The predicted octanol–water partition coefficient (Wildman–Crippen LogP) is 2.51. The van der Waals surface area contributed by atoms with Gasteiger partial charge >= 0.3 is 0 Å². The van der Waals surface area contributed by atoms with Crippen LogP contribution in [-0.4, -0.2) is 28.6 Å². The van der Waals surface area contributed by atoms with Crippen molar-refractivity contribution in [2.75, 3.05) is 19.1 Å². The van der Waals surface area contributed by atoms with E-state index in [-0.39, 0.29) is 0 Å². The third-order valence-corrected chi connectivity index (χ3v) is 3.53. The largest absolute Gasteiger partial charge is 0.332 e. The van der Waals surface area contributed by atoms with Gasteiger partial charge in [0.05, 0.1) is 0 Å². The minimum Gasteiger partial charge on any atom is -0.332 e. The lowest BCUT2D eigenvalue weighted by Crippen LogP contribution is -2.04. The Bertz CT molecular complexity index is 478. The van der Waals surface area contributed by atoms with Gasteiger partial charge in [-0.2, -0.15) is 11.8 Å². The number of thioether (sulfide) groups is 1. The maximum Gasteiger partial charge on any atom is 0.140 e. The average Bonchev–Trinajstić information content (AvgIpc) is 2.70. The Balaban J connectivity index is 2.28. The monoisotopic (exact) mass is 249 g/mol. The number of hydrogen-bond acceptors (Lipinski definition) is 3. The van der Waals surface area contributed by atoms with Gasteiger partial charge in [-0.25, -0.2) is 4.98 Å². The molecule has 17 heavy (non-hydrogen) atoms. The molecular weight excluding hydrogens is 230 g/mol. The van der Waals surface area contributed by atoms with Crippen molar-refractivity contribution in [1.82, 2.24) is 14.9 Å². The molecule has 0 spiro atoms. The summed E-state index contributed by atoms with van der Waals surface area (Å²) in [6.45, 7) is 1.95.